The zero-order chi connectivity index (χ0) is 20.2. The molecule has 0 N–H and O–H groups in total. The van der Waals surface area contributed by atoms with E-state index in [1.165, 1.54) is 0 Å². The molecule has 0 atom stereocenters. The molecule has 1 aromatic carbocycles. The van der Waals surface area contributed by atoms with Gasteiger partial charge < -0.3 is 4.74 Å². The second kappa shape index (κ2) is 6.13. The smallest absolute Gasteiger partial charge is 0.241 e. The van der Waals surface area contributed by atoms with Crippen LogP contribution in [0.15, 0.2) is 61.2 Å². The second-order valence-corrected chi connectivity index (χ2v) is 7.42. The van der Waals surface area contributed by atoms with Crippen molar-refractivity contribution in [1.82, 2.24) is 19.4 Å². The molecule has 0 saturated heterocycles. The molecule has 7 nitrogen and oxygen atoms in total. The Balaban J connectivity index is 1.86. The molecule has 0 aliphatic carbocycles. The van der Waals surface area contributed by atoms with Crippen LogP contribution < -0.4 is 9.64 Å². The Labute approximate surface area is 167 Å². The summed E-state index contributed by atoms with van der Waals surface area (Å²) < 4.78 is 7.24. The van der Waals surface area contributed by atoms with Crippen molar-refractivity contribution in [3.05, 3.63) is 66.7 Å². The lowest BCUT2D eigenvalue weighted by molar-refractivity contribution is -0.121. The van der Waals surface area contributed by atoms with Crippen LogP contribution >= 0.6 is 0 Å². The van der Waals surface area contributed by atoms with Crippen molar-refractivity contribution in [2.75, 3.05) is 12.0 Å². The third kappa shape index (κ3) is 2.37. The maximum Gasteiger partial charge on any atom is 0.241 e. The SMILES string of the molecule is COc1ccc(N2C(=O)C(C)(C)c3c2c(-c2ncccn2)n2cccnc32)cc1. The van der Waals surface area contributed by atoms with E-state index < -0.39 is 5.41 Å². The van der Waals surface area contributed by atoms with Gasteiger partial charge in [0, 0.05) is 36.0 Å². The maximum absolute atomic E-state index is 13.5. The van der Waals surface area contributed by atoms with E-state index in [9.17, 15) is 4.79 Å². The second-order valence-electron chi connectivity index (χ2n) is 7.42. The van der Waals surface area contributed by atoms with E-state index in [0.717, 1.165) is 34.0 Å². The summed E-state index contributed by atoms with van der Waals surface area (Å²) in [4.78, 5) is 28.8. The average Bonchev–Trinajstić information content (AvgIpc) is 3.19. The fourth-order valence-electron chi connectivity index (χ4n) is 3.97. The lowest BCUT2D eigenvalue weighted by Gasteiger charge is -2.22. The summed E-state index contributed by atoms with van der Waals surface area (Å²) in [5, 5.41) is 0. The van der Waals surface area contributed by atoms with Gasteiger partial charge in [-0.2, -0.15) is 0 Å². The van der Waals surface area contributed by atoms with Gasteiger partial charge in [-0.25, -0.2) is 15.0 Å². The quantitative estimate of drug-likeness (QED) is 0.537. The van der Waals surface area contributed by atoms with Crippen LogP contribution in [0, 0.1) is 0 Å². The molecule has 1 aliphatic rings. The van der Waals surface area contributed by atoms with Crippen molar-refractivity contribution in [2.24, 2.45) is 0 Å². The van der Waals surface area contributed by atoms with Gasteiger partial charge in [0.25, 0.3) is 0 Å². The summed E-state index contributed by atoms with van der Waals surface area (Å²) in [5.74, 6) is 1.26. The van der Waals surface area contributed by atoms with E-state index in [1.807, 2.05) is 54.8 Å². The Kier molecular flexibility index (Phi) is 3.67. The van der Waals surface area contributed by atoms with Crippen LogP contribution in [0.3, 0.4) is 0 Å². The molecule has 3 aromatic heterocycles. The number of amides is 1. The summed E-state index contributed by atoms with van der Waals surface area (Å²) in [6, 6.07) is 11.1. The first kappa shape index (κ1) is 17.4. The summed E-state index contributed by atoms with van der Waals surface area (Å²) >= 11 is 0. The Morgan fingerprint density at radius 2 is 1.66 bits per heavy atom. The van der Waals surface area contributed by atoms with Gasteiger partial charge >= 0.3 is 0 Å². The molecule has 0 bridgehead atoms. The Morgan fingerprint density at radius 1 is 0.966 bits per heavy atom. The van der Waals surface area contributed by atoms with Gasteiger partial charge in [-0.1, -0.05) is 0 Å². The van der Waals surface area contributed by atoms with Crippen LogP contribution in [-0.2, 0) is 10.2 Å². The summed E-state index contributed by atoms with van der Waals surface area (Å²) in [6.07, 6.45) is 7.06. The molecule has 0 fully saturated rings. The molecule has 0 radical (unpaired) electrons. The normalized spacial score (nSPS) is 15.0. The first-order chi connectivity index (χ1) is 14.0. The third-order valence-corrected chi connectivity index (χ3v) is 5.37. The lowest BCUT2D eigenvalue weighted by atomic mass is 9.87. The summed E-state index contributed by atoms with van der Waals surface area (Å²) in [5.41, 5.74) is 3.15. The number of rotatable bonds is 3. The van der Waals surface area contributed by atoms with Crippen molar-refractivity contribution in [3.63, 3.8) is 0 Å². The predicted octanol–water partition coefficient (Wildman–Crippen LogP) is 3.76. The molecule has 1 amide bonds. The van der Waals surface area contributed by atoms with Crippen LogP contribution in [0.25, 0.3) is 17.2 Å². The molecule has 0 spiro atoms. The standard InChI is InChI=1S/C22H19N5O2/c1-22(2)16-17(27(21(22)28)14-6-8-15(29-3)9-7-14)18(19-23-10-4-11-24-19)26-13-5-12-25-20(16)26/h4-13H,1-3H3. The lowest BCUT2D eigenvalue weighted by Crippen LogP contribution is -2.34. The molecule has 5 rings (SSSR count). The summed E-state index contributed by atoms with van der Waals surface area (Å²) in [6.45, 7) is 3.87. The Bertz CT molecular complexity index is 1230. The largest absolute Gasteiger partial charge is 0.497 e. The molecular weight excluding hydrogens is 366 g/mol. The number of carbonyl (C=O) groups excluding carboxylic acids is 1. The molecule has 0 saturated carbocycles. The van der Waals surface area contributed by atoms with Crippen molar-refractivity contribution in [2.45, 2.75) is 19.3 Å². The van der Waals surface area contributed by atoms with Crippen LogP contribution in [0.1, 0.15) is 19.4 Å². The number of carbonyl (C=O) groups is 1. The van der Waals surface area contributed by atoms with Crippen LogP contribution in [-0.4, -0.2) is 32.4 Å². The van der Waals surface area contributed by atoms with Crippen molar-refractivity contribution < 1.29 is 9.53 Å². The highest BCUT2D eigenvalue weighted by molar-refractivity contribution is 6.17. The molecule has 1 aliphatic heterocycles. The number of ether oxygens (including phenoxy) is 1. The number of hydrogen-bond acceptors (Lipinski definition) is 5. The molecular formula is C22H19N5O2. The van der Waals surface area contributed by atoms with E-state index >= 15 is 0 Å². The Morgan fingerprint density at radius 3 is 2.34 bits per heavy atom. The van der Waals surface area contributed by atoms with Gasteiger partial charge in [0.2, 0.25) is 5.91 Å². The molecule has 0 unspecified atom stereocenters. The number of methoxy groups -OCH3 is 1. The molecule has 7 heteroatoms. The molecule has 144 valence electrons. The number of benzene rings is 1. The third-order valence-electron chi connectivity index (χ3n) is 5.37. The Hall–Kier alpha value is -3.74. The topological polar surface area (TPSA) is 72.6 Å². The van der Waals surface area contributed by atoms with Crippen molar-refractivity contribution >= 4 is 22.9 Å². The number of nitrogens with zero attached hydrogens (tertiary/aromatic N) is 5. The van der Waals surface area contributed by atoms with E-state index in [-0.39, 0.29) is 5.91 Å². The van der Waals surface area contributed by atoms with Crippen molar-refractivity contribution in [1.29, 1.82) is 0 Å². The number of aromatic nitrogens is 4. The fourth-order valence-corrected chi connectivity index (χ4v) is 3.97. The highest BCUT2D eigenvalue weighted by Gasteiger charge is 2.49. The summed E-state index contributed by atoms with van der Waals surface area (Å²) in [7, 11) is 1.62. The van der Waals surface area contributed by atoms with Gasteiger partial charge in [-0.15, -0.1) is 0 Å². The minimum atomic E-state index is -0.748. The van der Waals surface area contributed by atoms with E-state index in [4.69, 9.17) is 4.74 Å². The van der Waals surface area contributed by atoms with Crippen LogP contribution in [0.5, 0.6) is 5.75 Å². The monoisotopic (exact) mass is 385 g/mol. The highest BCUT2D eigenvalue weighted by Crippen LogP contribution is 2.52. The first-order valence-corrected chi connectivity index (χ1v) is 9.29. The van der Waals surface area contributed by atoms with E-state index in [1.54, 1.807) is 36.7 Å². The molecule has 4 aromatic rings. The zero-order valence-corrected chi connectivity index (χ0v) is 16.3. The fraction of sp³-hybridized carbons (Fsp3) is 0.182. The van der Waals surface area contributed by atoms with Gasteiger partial charge in [-0.3, -0.25) is 14.1 Å². The van der Waals surface area contributed by atoms with E-state index in [0.29, 0.717) is 5.82 Å². The zero-order valence-electron chi connectivity index (χ0n) is 16.3. The average molecular weight is 385 g/mol. The van der Waals surface area contributed by atoms with Gasteiger partial charge in [0.05, 0.1) is 18.2 Å². The molecule has 4 heterocycles. The number of fused-ring (bicyclic) bond motifs is 3. The first-order valence-electron chi connectivity index (χ1n) is 9.29. The van der Waals surface area contributed by atoms with Crippen molar-refractivity contribution in [3.8, 4) is 17.3 Å². The van der Waals surface area contributed by atoms with Gasteiger partial charge in [-0.05, 0) is 50.2 Å². The predicted molar refractivity (Wildman–Crippen MR) is 109 cm³/mol. The maximum atomic E-state index is 13.5. The highest BCUT2D eigenvalue weighted by atomic mass is 16.5. The number of hydrogen-bond donors (Lipinski definition) is 0. The van der Waals surface area contributed by atoms with Gasteiger partial charge in [0.15, 0.2) is 5.82 Å². The molecule has 29 heavy (non-hydrogen) atoms. The minimum absolute atomic E-state index is 0.0157. The van der Waals surface area contributed by atoms with Crippen LogP contribution in [0.2, 0.25) is 0 Å². The van der Waals surface area contributed by atoms with Gasteiger partial charge in [0.1, 0.15) is 17.1 Å². The van der Waals surface area contributed by atoms with E-state index in [2.05, 4.69) is 15.0 Å². The number of anilines is 2. The minimum Gasteiger partial charge on any atom is -0.497 e. The van der Waals surface area contributed by atoms with Crippen LogP contribution in [0.4, 0.5) is 11.4 Å².